The minimum Gasteiger partial charge on any atom is -0.487 e. The second-order valence-electron chi connectivity index (χ2n) is 10.1. The maximum atomic E-state index is 12.8. The van der Waals surface area contributed by atoms with Gasteiger partial charge in [-0.2, -0.15) is 0 Å². The van der Waals surface area contributed by atoms with Gasteiger partial charge in [0.1, 0.15) is 18.0 Å². The Hall–Kier alpha value is -3.10. The third-order valence-electron chi connectivity index (χ3n) is 7.54. The van der Waals surface area contributed by atoms with Gasteiger partial charge in [-0.1, -0.05) is 43.2 Å². The molecule has 1 saturated heterocycles. The van der Waals surface area contributed by atoms with Crippen molar-refractivity contribution in [3.63, 3.8) is 0 Å². The van der Waals surface area contributed by atoms with Gasteiger partial charge >= 0.3 is 6.03 Å². The Bertz CT molecular complexity index is 1070. The van der Waals surface area contributed by atoms with Crippen LogP contribution in [0.25, 0.3) is 0 Å². The SMILES string of the molecule is C[C@H](NC(=O)C[C@@H]1C[C@@H]2c3cc(NC(=O)NC4CCCC4)ccc3O[C@@H]2[C@H](CO)O1)c1ccccc1. The molecule has 5 rings (SSSR count). The molecule has 0 radical (unpaired) electrons. The number of hydrogen-bond acceptors (Lipinski definition) is 5. The van der Waals surface area contributed by atoms with E-state index in [0.29, 0.717) is 12.1 Å². The summed E-state index contributed by atoms with van der Waals surface area (Å²) >= 11 is 0. The highest BCUT2D eigenvalue weighted by molar-refractivity contribution is 5.89. The summed E-state index contributed by atoms with van der Waals surface area (Å²) in [5.41, 5.74) is 2.72. The molecule has 192 valence electrons. The summed E-state index contributed by atoms with van der Waals surface area (Å²) in [4.78, 5) is 25.3. The van der Waals surface area contributed by atoms with E-state index >= 15 is 0 Å². The zero-order valence-electron chi connectivity index (χ0n) is 20.6. The maximum absolute atomic E-state index is 12.8. The van der Waals surface area contributed by atoms with Crippen LogP contribution < -0.4 is 20.7 Å². The predicted octanol–water partition coefficient (Wildman–Crippen LogP) is 4.01. The van der Waals surface area contributed by atoms with Crippen molar-refractivity contribution in [1.29, 1.82) is 0 Å². The van der Waals surface area contributed by atoms with Gasteiger partial charge in [0.05, 0.1) is 25.2 Å². The molecule has 2 fully saturated rings. The van der Waals surface area contributed by atoms with Crippen molar-refractivity contribution in [2.45, 2.75) is 81.8 Å². The smallest absolute Gasteiger partial charge is 0.319 e. The van der Waals surface area contributed by atoms with Gasteiger partial charge < -0.3 is 30.5 Å². The van der Waals surface area contributed by atoms with Crippen molar-refractivity contribution in [3.8, 4) is 5.75 Å². The van der Waals surface area contributed by atoms with Gasteiger partial charge in [0.2, 0.25) is 5.91 Å². The molecule has 0 aromatic heterocycles. The number of amides is 3. The van der Waals surface area contributed by atoms with Crippen LogP contribution in [0.1, 0.15) is 68.5 Å². The first kappa shape index (κ1) is 24.6. The summed E-state index contributed by atoms with van der Waals surface area (Å²) in [6.07, 6.45) is 3.97. The molecule has 5 atom stereocenters. The van der Waals surface area contributed by atoms with Crippen LogP contribution in [0.3, 0.4) is 0 Å². The van der Waals surface area contributed by atoms with Crippen LogP contribution in [0.15, 0.2) is 48.5 Å². The highest BCUT2D eigenvalue weighted by Gasteiger charge is 2.46. The van der Waals surface area contributed by atoms with Crippen LogP contribution in [0, 0.1) is 0 Å². The lowest BCUT2D eigenvalue weighted by atomic mass is 9.84. The third kappa shape index (κ3) is 5.50. The van der Waals surface area contributed by atoms with E-state index in [1.165, 1.54) is 0 Å². The Morgan fingerprint density at radius 2 is 1.89 bits per heavy atom. The molecular weight excluding hydrogens is 458 g/mol. The summed E-state index contributed by atoms with van der Waals surface area (Å²) < 4.78 is 12.2. The first-order valence-corrected chi connectivity index (χ1v) is 13.0. The van der Waals surface area contributed by atoms with E-state index in [0.717, 1.165) is 42.6 Å². The van der Waals surface area contributed by atoms with Crippen molar-refractivity contribution >= 4 is 17.6 Å². The lowest BCUT2D eigenvalue weighted by Crippen LogP contribution is -2.47. The average Bonchev–Trinajstić information content (AvgIpc) is 3.51. The van der Waals surface area contributed by atoms with Gasteiger partial charge in [-0.3, -0.25) is 4.79 Å². The molecule has 2 aliphatic heterocycles. The fourth-order valence-corrected chi connectivity index (χ4v) is 5.72. The maximum Gasteiger partial charge on any atom is 0.319 e. The molecule has 1 aliphatic carbocycles. The Morgan fingerprint density at radius 1 is 1.11 bits per heavy atom. The summed E-state index contributed by atoms with van der Waals surface area (Å²) in [6, 6.07) is 15.4. The molecule has 0 unspecified atom stereocenters. The van der Waals surface area contributed by atoms with Gasteiger partial charge in [-0.25, -0.2) is 4.79 Å². The van der Waals surface area contributed by atoms with Crippen molar-refractivity contribution in [2.24, 2.45) is 0 Å². The molecule has 2 aromatic carbocycles. The number of aliphatic hydroxyl groups is 1. The lowest BCUT2D eigenvalue weighted by molar-refractivity contribution is -0.142. The molecule has 4 N–H and O–H groups in total. The second kappa shape index (κ2) is 10.9. The topological polar surface area (TPSA) is 109 Å². The number of rotatable bonds is 7. The first-order valence-electron chi connectivity index (χ1n) is 13.0. The van der Waals surface area contributed by atoms with E-state index in [1.807, 2.05) is 55.5 Å². The Morgan fingerprint density at radius 3 is 2.64 bits per heavy atom. The molecule has 36 heavy (non-hydrogen) atoms. The van der Waals surface area contributed by atoms with Crippen LogP contribution in [0.5, 0.6) is 5.75 Å². The monoisotopic (exact) mass is 493 g/mol. The molecule has 8 nitrogen and oxygen atoms in total. The van der Waals surface area contributed by atoms with Gasteiger partial charge in [0, 0.05) is 23.2 Å². The number of aliphatic hydroxyl groups excluding tert-OH is 1. The molecular formula is C28H35N3O5. The van der Waals surface area contributed by atoms with Gasteiger partial charge in [0.15, 0.2) is 0 Å². The number of carbonyl (C=O) groups excluding carboxylic acids is 2. The highest BCUT2D eigenvalue weighted by Crippen LogP contribution is 2.47. The largest absolute Gasteiger partial charge is 0.487 e. The molecule has 1 saturated carbocycles. The predicted molar refractivity (Wildman–Crippen MR) is 136 cm³/mol. The molecule has 8 heteroatoms. The quantitative estimate of drug-likeness (QED) is 0.466. The molecule has 0 bridgehead atoms. The fraction of sp³-hybridized carbons (Fsp3) is 0.500. The van der Waals surface area contributed by atoms with E-state index < -0.39 is 6.10 Å². The van der Waals surface area contributed by atoms with Gasteiger partial charge in [0.25, 0.3) is 0 Å². The van der Waals surface area contributed by atoms with Crippen LogP contribution in [-0.2, 0) is 9.53 Å². The van der Waals surface area contributed by atoms with E-state index in [1.54, 1.807) is 0 Å². The van der Waals surface area contributed by atoms with E-state index in [4.69, 9.17) is 9.47 Å². The lowest BCUT2D eigenvalue weighted by Gasteiger charge is -2.37. The highest BCUT2D eigenvalue weighted by atomic mass is 16.6. The van der Waals surface area contributed by atoms with E-state index in [-0.39, 0.29) is 55.2 Å². The standard InChI is InChI=1S/C28H35N3O5/c1-17(18-7-3-2-4-8-18)29-26(33)15-21-14-23-22-13-20(31-28(34)30-19-9-5-6-10-19)11-12-24(22)36-27(23)25(16-32)35-21/h2-4,7-8,11-13,17,19,21,23,25,27,32H,5-6,9-10,14-16H2,1H3,(H,29,33)(H2,30,31,34)/t17-,21-,23+,25-,27-/m0/s1. The number of carbonyl (C=O) groups is 2. The number of urea groups is 1. The van der Waals surface area contributed by atoms with E-state index in [2.05, 4.69) is 16.0 Å². The molecule has 3 amide bonds. The zero-order chi connectivity index (χ0) is 25.1. The minimum atomic E-state index is -0.525. The molecule has 3 aliphatic rings. The molecule has 0 spiro atoms. The summed E-state index contributed by atoms with van der Waals surface area (Å²) in [5, 5.41) is 19.0. The second-order valence-corrected chi connectivity index (χ2v) is 10.1. The van der Waals surface area contributed by atoms with Crippen molar-refractivity contribution in [2.75, 3.05) is 11.9 Å². The fourth-order valence-electron chi connectivity index (χ4n) is 5.72. The van der Waals surface area contributed by atoms with Gasteiger partial charge in [-0.05, 0) is 49.9 Å². The number of anilines is 1. The van der Waals surface area contributed by atoms with Crippen molar-refractivity contribution in [1.82, 2.24) is 10.6 Å². The number of fused-ring (bicyclic) bond motifs is 3. The van der Waals surface area contributed by atoms with Crippen molar-refractivity contribution in [3.05, 3.63) is 59.7 Å². The van der Waals surface area contributed by atoms with Crippen LogP contribution in [-0.4, -0.2) is 48.0 Å². The van der Waals surface area contributed by atoms with Crippen LogP contribution >= 0.6 is 0 Å². The Balaban J connectivity index is 1.23. The number of ether oxygens (including phenoxy) is 2. The minimum absolute atomic E-state index is 0.0325. The molecule has 2 aromatic rings. The van der Waals surface area contributed by atoms with E-state index in [9.17, 15) is 14.7 Å². The Kier molecular flexibility index (Phi) is 7.43. The van der Waals surface area contributed by atoms with Crippen LogP contribution in [0.4, 0.5) is 10.5 Å². The normalized spacial score (nSPS) is 25.8. The van der Waals surface area contributed by atoms with Crippen LogP contribution in [0.2, 0.25) is 0 Å². The summed E-state index contributed by atoms with van der Waals surface area (Å²) in [6.45, 7) is 1.77. The first-order chi connectivity index (χ1) is 17.5. The Labute approximate surface area is 211 Å². The number of hydrogen-bond donors (Lipinski definition) is 4. The molecule has 2 heterocycles. The summed E-state index contributed by atoms with van der Waals surface area (Å²) in [5.74, 6) is 0.608. The average molecular weight is 494 g/mol. The summed E-state index contributed by atoms with van der Waals surface area (Å²) in [7, 11) is 0. The number of nitrogens with one attached hydrogen (secondary N) is 3. The zero-order valence-corrected chi connectivity index (χ0v) is 20.6. The van der Waals surface area contributed by atoms with Gasteiger partial charge in [-0.15, -0.1) is 0 Å². The van der Waals surface area contributed by atoms with Crippen molar-refractivity contribution < 1.29 is 24.2 Å². The third-order valence-corrected chi connectivity index (χ3v) is 7.54. The number of benzene rings is 2.